The zero-order valence-corrected chi connectivity index (χ0v) is 30.5. The minimum atomic E-state index is -1.05. The molecule has 57 heavy (non-hydrogen) atoms. The lowest BCUT2D eigenvalue weighted by Crippen LogP contribution is -2.11. The van der Waals surface area contributed by atoms with Crippen LogP contribution in [0.25, 0.3) is 34.0 Å². The molecule has 0 fully saturated rings. The summed E-state index contributed by atoms with van der Waals surface area (Å²) >= 11 is 5.85. The number of halogens is 7. The van der Waals surface area contributed by atoms with Gasteiger partial charge < -0.3 is 26.8 Å². The van der Waals surface area contributed by atoms with Gasteiger partial charge in [0.1, 0.15) is 17.4 Å². The minimum absolute atomic E-state index is 0.0362. The molecule has 4 aromatic heterocycles. The number of aromatic nitrogens is 8. The van der Waals surface area contributed by atoms with E-state index in [0.29, 0.717) is 33.8 Å². The highest BCUT2D eigenvalue weighted by Crippen LogP contribution is 2.29. The monoisotopic (exact) mass is 804 g/mol. The van der Waals surface area contributed by atoms with Crippen LogP contribution in [-0.2, 0) is 0 Å². The molecule has 0 unspecified atom stereocenters. The van der Waals surface area contributed by atoms with E-state index < -0.39 is 46.5 Å². The summed E-state index contributed by atoms with van der Waals surface area (Å²) in [7, 11) is 1.53. The van der Waals surface area contributed by atoms with Gasteiger partial charge in [-0.15, -0.1) is 0 Å². The average Bonchev–Trinajstić information content (AvgIpc) is 3.67. The molecule has 0 saturated carbocycles. The lowest BCUT2D eigenvalue weighted by atomic mass is 10.3. The van der Waals surface area contributed by atoms with Gasteiger partial charge in [-0.2, -0.15) is 28.7 Å². The molecule has 0 aliphatic heterocycles. The van der Waals surface area contributed by atoms with Crippen molar-refractivity contribution >= 4 is 68.3 Å². The van der Waals surface area contributed by atoms with Crippen LogP contribution < -0.4 is 26.8 Å². The third kappa shape index (κ3) is 7.59. The summed E-state index contributed by atoms with van der Waals surface area (Å²) in [6, 6.07) is 17.1. The molecular weight excluding hydrogens is 778 g/mol. The van der Waals surface area contributed by atoms with Crippen molar-refractivity contribution in [2.24, 2.45) is 0 Å². The summed E-state index contributed by atoms with van der Waals surface area (Å²) in [6.45, 7) is 3.21. The number of anilines is 6. The second-order valence-corrected chi connectivity index (χ2v) is 12.6. The number of hydrogen-bond acceptors (Lipinski definition) is 11. The van der Waals surface area contributed by atoms with Crippen LogP contribution in [0.3, 0.4) is 0 Å². The first-order chi connectivity index (χ1) is 27.2. The SMILES string of the molecule is COc1ccc(Nc2nc(-n3c(C)nc4cc(F)c(F)cc43)nc(N)c2F)cc1.Cc1nc2cc(F)c(F)cc2n1-c1nc(N)c(F)c(Nc2ccc(Cl)cc2)n1. The fourth-order valence-corrected chi connectivity index (χ4v) is 5.77. The molecule has 8 rings (SSSR count). The van der Waals surface area contributed by atoms with Crippen molar-refractivity contribution in [2.45, 2.75) is 13.8 Å². The zero-order valence-electron chi connectivity index (χ0n) is 29.7. The van der Waals surface area contributed by atoms with Gasteiger partial charge in [0.05, 0.1) is 29.2 Å². The number of nitrogens with zero attached hydrogens (tertiary/aromatic N) is 8. The molecule has 0 aliphatic carbocycles. The number of hydrogen-bond donors (Lipinski definition) is 4. The number of ether oxygens (including phenoxy) is 1. The predicted molar refractivity (Wildman–Crippen MR) is 202 cm³/mol. The van der Waals surface area contributed by atoms with Crippen LogP contribution in [0.4, 0.5) is 61.0 Å². The highest BCUT2D eigenvalue weighted by atomic mass is 35.5. The fourth-order valence-electron chi connectivity index (χ4n) is 5.64. The van der Waals surface area contributed by atoms with Crippen molar-refractivity contribution < 1.29 is 31.1 Å². The van der Waals surface area contributed by atoms with Crippen LogP contribution >= 0.6 is 11.6 Å². The second kappa shape index (κ2) is 15.2. The van der Waals surface area contributed by atoms with Gasteiger partial charge >= 0.3 is 0 Å². The molecule has 0 saturated heterocycles. The quantitative estimate of drug-likeness (QED) is 0.114. The normalized spacial score (nSPS) is 11.1. The smallest absolute Gasteiger partial charge is 0.239 e. The Balaban J connectivity index is 0.000000174. The summed E-state index contributed by atoms with van der Waals surface area (Å²) in [5, 5.41) is 6.14. The first-order valence-electron chi connectivity index (χ1n) is 16.5. The molecule has 0 aliphatic rings. The summed E-state index contributed by atoms with van der Waals surface area (Å²) in [5.41, 5.74) is 13.3. The summed E-state index contributed by atoms with van der Waals surface area (Å²) in [6.07, 6.45) is 0. The molecule has 0 amide bonds. The molecule has 8 aromatic rings. The minimum Gasteiger partial charge on any atom is -0.497 e. The molecule has 4 heterocycles. The van der Waals surface area contributed by atoms with Gasteiger partial charge in [-0.25, -0.2) is 27.5 Å². The number of benzene rings is 4. The maximum absolute atomic E-state index is 14.5. The lowest BCUT2D eigenvalue weighted by molar-refractivity contribution is 0.415. The third-order valence-corrected chi connectivity index (χ3v) is 8.57. The number of aryl methyl sites for hydroxylation is 2. The van der Waals surface area contributed by atoms with Gasteiger partial charge in [-0.3, -0.25) is 9.13 Å². The van der Waals surface area contributed by atoms with E-state index in [1.807, 2.05) is 0 Å². The molecule has 0 radical (unpaired) electrons. The molecule has 20 heteroatoms. The van der Waals surface area contributed by atoms with Crippen molar-refractivity contribution in [3.8, 4) is 17.6 Å². The number of nitrogen functional groups attached to an aromatic ring is 2. The number of imidazole rings is 2. The van der Waals surface area contributed by atoms with Crippen molar-refractivity contribution in [3.63, 3.8) is 0 Å². The Morgan fingerprint density at radius 3 is 1.35 bits per heavy atom. The van der Waals surface area contributed by atoms with Crippen molar-refractivity contribution in [2.75, 3.05) is 29.2 Å². The van der Waals surface area contributed by atoms with E-state index in [4.69, 9.17) is 27.8 Å². The number of rotatable bonds is 7. The zero-order chi connectivity index (χ0) is 40.7. The molecule has 0 spiro atoms. The number of fused-ring (bicyclic) bond motifs is 2. The Labute approximate surface area is 323 Å². The van der Waals surface area contributed by atoms with Crippen LogP contribution in [0, 0.1) is 48.8 Å². The van der Waals surface area contributed by atoms with E-state index in [1.165, 1.54) is 16.2 Å². The summed E-state index contributed by atoms with van der Waals surface area (Å²) < 4.78 is 91.3. The van der Waals surface area contributed by atoms with Crippen LogP contribution in [0.15, 0.2) is 72.8 Å². The topological polar surface area (TPSA) is 173 Å². The predicted octanol–water partition coefficient (Wildman–Crippen LogP) is 8.40. The van der Waals surface area contributed by atoms with Crippen LogP contribution in [0.2, 0.25) is 5.02 Å². The van der Waals surface area contributed by atoms with E-state index in [9.17, 15) is 26.3 Å². The van der Waals surface area contributed by atoms with E-state index >= 15 is 0 Å². The van der Waals surface area contributed by atoms with Gasteiger partial charge in [-0.1, -0.05) is 11.6 Å². The van der Waals surface area contributed by atoms with E-state index in [1.54, 1.807) is 62.4 Å². The number of methoxy groups -OCH3 is 1. The van der Waals surface area contributed by atoms with Crippen molar-refractivity contribution in [1.29, 1.82) is 0 Å². The van der Waals surface area contributed by atoms with Gasteiger partial charge in [0.25, 0.3) is 0 Å². The largest absolute Gasteiger partial charge is 0.497 e. The molecule has 6 N–H and O–H groups in total. The van der Waals surface area contributed by atoms with E-state index in [-0.39, 0.29) is 45.6 Å². The molecule has 4 aromatic carbocycles. The highest BCUT2D eigenvalue weighted by Gasteiger charge is 2.21. The van der Waals surface area contributed by atoms with Gasteiger partial charge in [-0.05, 0) is 62.4 Å². The molecule has 0 atom stereocenters. The second-order valence-electron chi connectivity index (χ2n) is 12.1. The van der Waals surface area contributed by atoms with Crippen LogP contribution in [0.1, 0.15) is 11.6 Å². The Hall–Kier alpha value is -7.15. The fraction of sp³-hybridized carbons (Fsp3) is 0.0811. The van der Waals surface area contributed by atoms with E-state index in [0.717, 1.165) is 24.3 Å². The van der Waals surface area contributed by atoms with Gasteiger partial charge in [0.2, 0.25) is 23.5 Å². The third-order valence-electron chi connectivity index (χ3n) is 8.32. The average molecular weight is 805 g/mol. The van der Waals surface area contributed by atoms with Crippen molar-refractivity contribution in [3.05, 3.63) is 124 Å². The Morgan fingerprint density at radius 2 is 0.947 bits per heavy atom. The number of nitrogens with two attached hydrogens (primary N) is 2. The highest BCUT2D eigenvalue weighted by molar-refractivity contribution is 6.30. The molecule has 0 bridgehead atoms. The van der Waals surface area contributed by atoms with E-state index in [2.05, 4.69) is 40.5 Å². The molecule has 290 valence electrons. The number of nitrogens with one attached hydrogen (secondary N) is 2. The standard InChI is InChI=1S/C19H15F3N6O.C18H12ClF3N6/c1-9-24-14-7-12(20)13(21)8-15(14)28(9)19-26-17(23)16(22)18(27-19)25-10-3-5-11(29-2)6-4-10;1-8-24-13-6-11(20)12(21)7-14(13)28(8)18-26-16(23)15(22)17(27-18)25-10-4-2-9(19)3-5-10/h3-8H,1-2H3,(H3,23,25,26,27);2-7H,1H3,(H3,23,25,26,27). The van der Waals surface area contributed by atoms with Crippen LogP contribution in [-0.4, -0.2) is 46.1 Å². The lowest BCUT2D eigenvalue weighted by Gasteiger charge is -2.12. The Bertz CT molecular complexity index is 2820. The first kappa shape index (κ1) is 38.1. The maximum atomic E-state index is 14.5. The summed E-state index contributed by atoms with van der Waals surface area (Å²) in [5.74, 6) is -5.77. The Morgan fingerprint density at radius 1 is 0.561 bits per heavy atom. The van der Waals surface area contributed by atoms with Gasteiger partial charge in [0, 0.05) is 40.7 Å². The first-order valence-corrected chi connectivity index (χ1v) is 16.9. The maximum Gasteiger partial charge on any atom is 0.239 e. The molecular formula is C37H27ClF6N12O. The van der Waals surface area contributed by atoms with Crippen LogP contribution in [0.5, 0.6) is 5.75 Å². The summed E-state index contributed by atoms with van der Waals surface area (Å²) in [4.78, 5) is 24.6. The van der Waals surface area contributed by atoms with Gasteiger partial charge in [0.15, 0.2) is 46.5 Å². The Kier molecular flexibility index (Phi) is 10.2. The molecule has 13 nitrogen and oxygen atoms in total. The van der Waals surface area contributed by atoms with Crippen molar-refractivity contribution in [1.82, 2.24) is 39.0 Å².